The number of rotatable bonds is 4. The standard InChI is InChI=1S/C18H16F4N2O2/c1-17(2,26)12-7-14(13-8-24(9-25)18(13,21)22)23-16(15(12)20)10-3-5-11(19)6-4-10/h3-7,9,13,26H,8H2,1-2H3. The third-order valence-corrected chi connectivity index (χ3v) is 4.42. The number of hydrogen-bond acceptors (Lipinski definition) is 3. The van der Waals surface area contributed by atoms with E-state index in [-0.39, 0.29) is 35.5 Å². The smallest absolute Gasteiger partial charge is 0.337 e. The molecule has 2 aromatic rings. The van der Waals surface area contributed by atoms with Crippen LogP contribution in [-0.4, -0.2) is 34.0 Å². The van der Waals surface area contributed by atoms with Crippen molar-refractivity contribution in [2.75, 3.05) is 6.54 Å². The van der Waals surface area contributed by atoms with E-state index in [1.165, 1.54) is 26.0 Å². The summed E-state index contributed by atoms with van der Waals surface area (Å²) in [5.74, 6) is -2.84. The van der Waals surface area contributed by atoms with Crippen molar-refractivity contribution in [3.8, 4) is 11.3 Å². The Balaban J connectivity index is 2.16. The molecule has 1 aromatic carbocycles. The fourth-order valence-corrected chi connectivity index (χ4v) is 2.87. The van der Waals surface area contributed by atoms with Crippen LogP contribution >= 0.6 is 0 Å². The van der Waals surface area contributed by atoms with E-state index >= 15 is 0 Å². The molecule has 8 heteroatoms. The number of alkyl halides is 2. The summed E-state index contributed by atoms with van der Waals surface area (Å²) >= 11 is 0. The van der Waals surface area contributed by atoms with E-state index < -0.39 is 29.2 Å². The highest BCUT2D eigenvalue weighted by atomic mass is 19.3. The van der Waals surface area contributed by atoms with Gasteiger partial charge >= 0.3 is 6.05 Å². The van der Waals surface area contributed by atoms with Crippen molar-refractivity contribution < 1.29 is 27.5 Å². The van der Waals surface area contributed by atoms with Crippen LogP contribution in [0.2, 0.25) is 0 Å². The maximum atomic E-state index is 14.9. The summed E-state index contributed by atoms with van der Waals surface area (Å²) < 4.78 is 56.3. The molecule has 26 heavy (non-hydrogen) atoms. The van der Waals surface area contributed by atoms with E-state index in [9.17, 15) is 27.5 Å². The highest BCUT2D eigenvalue weighted by Gasteiger charge is 2.57. The molecule has 1 aromatic heterocycles. The Morgan fingerprint density at radius 1 is 1.27 bits per heavy atom. The average Bonchev–Trinajstić information content (AvgIpc) is 2.55. The molecular weight excluding hydrogens is 352 g/mol. The van der Waals surface area contributed by atoms with Crippen LogP contribution < -0.4 is 0 Å². The van der Waals surface area contributed by atoms with Crippen LogP contribution in [0.3, 0.4) is 0 Å². The normalized spacial score (nSPS) is 19.2. The first-order valence-corrected chi connectivity index (χ1v) is 7.84. The first-order valence-electron chi connectivity index (χ1n) is 7.84. The zero-order valence-corrected chi connectivity index (χ0v) is 14.0. The Kier molecular flexibility index (Phi) is 4.26. The van der Waals surface area contributed by atoms with Crippen LogP contribution in [0.25, 0.3) is 11.3 Å². The number of aromatic nitrogens is 1. The molecule has 0 bridgehead atoms. The quantitative estimate of drug-likeness (QED) is 0.511. The molecule has 1 saturated heterocycles. The molecule has 1 atom stereocenters. The molecule has 0 spiro atoms. The number of benzene rings is 1. The minimum atomic E-state index is -3.45. The number of aliphatic hydroxyl groups is 1. The molecule has 138 valence electrons. The van der Waals surface area contributed by atoms with E-state index in [1.807, 2.05) is 0 Å². The Hall–Kier alpha value is -2.48. The molecule has 2 heterocycles. The van der Waals surface area contributed by atoms with Gasteiger partial charge < -0.3 is 5.11 Å². The summed E-state index contributed by atoms with van der Waals surface area (Å²) in [5, 5.41) is 10.2. The van der Waals surface area contributed by atoms with Crippen molar-refractivity contribution in [3.63, 3.8) is 0 Å². The Labute approximate surface area is 147 Å². The molecular formula is C18H16F4N2O2. The number of carbonyl (C=O) groups is 1. The van der Waals surface area contributed by atoms with Gasteiger partial charge in [-0.3, -0.25) is 9.69 Å². The van der Waals surface area contributed by atoms with Gasteiger partial charge in [0.25, 0.3) is 0 Å². The molecule has 4 nitrogen and oxygen atoms in total. The van der Waals surface area contributed by atoms with Crippen molar-refractivity contribution in [1.29, 1.82) is 0 Å². The zero-order valence-electron chi connectivity index (χ0n) is 14.0. The fourth-order valence-electron chi connectivity index (χ4n) is 2.87. The topological polar surface area (TPSA) is 53.4 Å². The van der Waals surface area contributed by atoms with Gasteiger partial charge in [0, 0.05) is 17.7 Å². The van der Waals surface area contributed by atoms with E-state index in [4.69, 9.17) is 0 Å². The van der Waals surface area contributed by atoms with Crippen LogP contribution in [0, 0.1) is 11.6 Å². The first kappa shape index (κ1) is 18.3. The van der Waals surface area contributed by atoms with Crippen molar-refractivity contribution in [2.24, 2.45) is 0 Å². The minimum absolute atomic E-state index is 0.0395. The van der Waals surface area contributed by atoms with Gasteiger partial charge in [-0.2, -0.15) is 8.78 Å². The van der Waals surface area contributed by atoms with Crippen molar-refractivity contribution >= 4 is 6.41 Å². The SMILES string of the molecule is CC(C)(O)c1cc(C2CN(C=O)C2(F)F)nc(-c2ccc(F)cc2)c1F. The minimum Gasteiger partial charge on any atom is -0.386 e. The van der Waals surface area contributed by atoms with Crippen molar-refractivity contribution in [2.45, 2.75) is 31.4 Å². The lowest BCUT2D eigenvalue weighted by Gasteiger charge is -2.45. The molecule has 1 amide bonds. The summed E-state index contributed by atoms with van der Waals surface area (Å²) in [7, 11) is 0. The summed E-state index contributed by atoms with van der Waals surface area (Å²) in [6.45, 7) is 2.36. The molecule has 3 rings (SSSR count). The predicted molar refractivity (Wildman–Crippen MR) is 85.3 cm³/mol. The van der Waals surface area contributed by atoms with Crippen molar-refractivity contribution in [3.05, 3.63) is 53.2 Å². The van der Waals surface area contributed by atoms with E-state index in [0.717, 1.165) is 18.2 Å². The molecule has 1 N–H and O–H groups in total. The van der Waals surface area contributed by atoms with Gasteiger partial charge in [-0.25, -0.2) is 13.8 Å². The van der Waals surface area contributed by atoms with Gasteiger partial charge in [0.15, 0.2) is 5.82 Å². The van der Waals surface area contributed by atoms with E-state index in [2.05, 4.69) is 4.98 Å². The van der Waals surface area contributed by atoms with E-state index in [1.54, 1.807) is 0 Å². The predicted octanol–water partition coefficient (Wildman–Crippen LogP) is 3.40. The van der Waals surface area contributed by atoms with E-state index in [0.29, 0.717) is 4.90 Å². The van der Waals surface area contributed by atoms with Gasteiger partial charge in [-0.15, -0.1) is 0 Å². The number of nitrogens with zero attached hydrogens (tertiary/aromatic N) is 2. The van der Waals surface area contributed by atoms with Gasteiger partial charge in [0.1, 0.15) is 17.4 Å². The molecule has 1 aliphatic heterocycles. The monoisotopic (exact) mass is 368 g/mol. The zero-order chi connectivity index (χ0) is 19.3. The molecule has 0 aliphatic carbocycles. The highest BCUT2D eigenvalue weighted by molar-refractivity contribution is 5.62. The summed E-state index contributed by atoms with van der Waals surface area (Å²) in [6, 6.07) is 2.37. The number of amides is 1. The second kappa shape index (κ2) is 6.05. The lowest BCUT2D eigenvalue weighted by Crippen LogP contribution is -2.59. The lowest BCUT2D eigenvalue weighted by molar-refractivity contribution is -0.223. The number of hydrogen-bond donors (Lipinski definition) is 1. The molecule has 0 saturated carbocycles. The second-order valence-electron chi connectivity index (χ2n) is 6.72. The van der Waals surface area contributed by atoms with Crippen LogP contribution in [0.1, 0.15) is 31.0 Å². The third-order valence-electron chi connectivity index (χ3n) is 4.42. The Morgan fingerprint density at radius 3 is 2.38 bits per heavy atom. The van der Waals surface area contributed by atoms with Crippen LogP contribution in [0.4, 0.5) is 17.6 Å². The van der Waals surface area contributed by atoms with Gasteiger partial charge in [0.05, 0.1) is 11.3 Å². The fraction of sp³-hybridized carbons (Fsp3) is 0.333. The van der Waals surface area contributed by atoms with Gasteiger partial charge in [0.2, 0.25) is 6.41 Å². The molecule has 1 unspecified atom stereocenters. The van der Waals surface area contributed by atoms with Gasteiger partial charge in [-0.05, 0) is 44.2 Å². The average molecular weight is 368 g/mol. The number of halogens is 4. The lowest BCUT2D eigenvalue weighted by atomic mass is 9.88. The maximum absolute atomic E-state index is 14.9. The molecule has 0 radical (unpaired) electrons. The van der Waals surface area contributed by atoms with Crippen LogP contribution in [-0.2, 0) is 10.4 Å². The second-order valence-corrected chi connectivity index (χ2v) is 6.72. The number of carbonyl (C=O) groups excluding carboxylic acids is 1. The summed E-state index contributed by atoms with van der Waals surface area (Å²) in [4.78, 5) is 15.0. The third kappa shape index (κ3) is 2.94. The largest absolute Gasteiger partial charge is 0.386 e. The Bertz CT molecular complexity index is 848. The molecule has 1 aliphatic rings. The maximum Gasteiger partial charge on any atom is 0.337 e. The first-order chi connectivity index (χ1) is 12.1. The highest BCUT2D eigenvalue weighted by Crippen LogP contribution is 2.46. The number of pyridine rings is 1. The van der Waals surface area contributed by atoms with Crippen molar-refractivity contribution in [1.82, 2.24) is 9.88 Å². The molecule has 1 fully saturated rings. The van der Waals surface area contributed by atoms with Gasteiger partial charge in [-0.1, -0.05) is 0 Å². The Morgan fingerprint density at radius 2 is 1.88 bits per heavy atom. The number of likely N-dealkylation sites (tertiary alicyclic amines) is 1. The van der Waals surface area contributed by atoms with Crippen LogP contribution in [0.5, 0.6) is 0 Å². The van der Waals surface area contributed by atoms with Crippen LogP contribution in [0.15, 0.2) is 30.3 Å². The summed E-state index contributed by atoms with van der Waals surface area (Å²) in [5.41, 5.74) is -2.08. The summed E-state index contributed by atoms with van der Waals surface area (Å²) in [6.07, 6.45) is 0.0395.